The summed E-state index contributed by atoms with van der Waals surface area (Å²) in [6.07, 6.45) is 0.923. The number of hydrogen-bond acceptors (Lipinski definition) is 6. The van der Waals surface area contributed by atoms with Crippen molar-refractivity contribution in [3.63, 3.8) is 0 Å². The van der Waals surface area contributed by atoms with Gasteiger partial charge in [0, 0.05) is 11.4 Å². The van der Waals surface area contributed by atoms with Gasteiger partial charge in [-0.15, -0.1) is 0 Å². The minimum absolute atomic E-state index is 0.0150. The number of nitrogens with one attached hydrogen (secondary N) is 1. The third-order valence-corrected chi connectivity index (χ3v) is 5.54. The molecule has 0 radical (unpaired) electrons. The summed E-state index contributed by atoms with van der Waals surface area (Å²) >= 11 is 0. The normalized spacial score (nSPS) is 14.9. The maximum Gasteiger partial charge on any atom is 0.416 e. The van der Waals surface area contributed by atoms with Crippen molar-refractivity contribution in [1.29, 1.82) is 0 Å². The highest BCUT2D eigenvalue weighted by molar-refractivity contribution is 6.00. The van der Waals surface area contributed by atoms with Gasteiger partial charge in [-0.3, -0.25) is 4.90 Å². The third-order valence-electron chi connectivity index (χ3n) is 5.54. The van der Waals surface area contributed by atoms with E-state index in [1.54, 1.807) is 4.90 Å². The van der Waals surface area contributed by atoms with E-state index in [1.807, 2.05) is 45.9 Å². The first-order chi connectivity index (χ1) is 15.6. The van der Waals surface area contributed by atoms with E-state index >= 15 is 0 Å². The van der Waals surface area contributed by atoms with Gasteiger partial charge < -0.3 is 15.2 Å². The van der Waals surface area contributed by atoms with Gasteiger partial charge in [0.2, 0.25) is 0 Å². The van der Waals surface area contributed by atoms with Crippen molar-refractivity contribution in [1.82, 2.24) is 15.3 Å². The molecule has 1 fully saturated rings. The molecule has 1 amide bonds. The summed E-state index contributed by atoms with van der Waals surface area (Å²) in [4.78, 5) is 24.2. The Morgan fingerprint density at radius 1 is 1.18 bits per heavy atom. The Balaban J connectivity index is 1.96. The smallest absolute Gasteiger partial charge is 0.416 e. The van der Waals surface area contributed by atoms with Crippen LogP contribution in [-0.4, -0.2) is 45.9 Å². The number of fused-ring (bicyclic) bond motifs is 1. The number of carbonyl (C=O) groups excluding carboxylic acids is 1. The van der Waals surface area contributed by atoms with Gasteiger partial charge in [0.05, 0.1) is 11.1 Å². The molecule has 33 heavy (non-hydrogen) atoms. The van der Waals surface area contributed by atoms with Gasteiger partial charge in [-0.2, -0.15) is 0 Å². The molecule has 1 aliphatic rings. The first kappa shape index (κ1) is 22.9. The number of phenolic OH excluding ortho intramolecular Hbond substituents is 1. The number of phenols is 1. The number of aryl methyl sites for hydroxylation is 1. The van der Waals surface area contributed by atoms with Crippen molar-refractivity contribution in [2.75, 3.05) is 18.0 Å². The molecule has 0 saturated carbocycles. The molecule has 1 aliphatic heterocycles. The highest BCUT2D eigenvalue weighted by Crippen LogP contribution is 2.35. The van der Waals surface area contributed by atoms with Gasteiger partial charge >= 0.3 is 6.09 Å². The first-order valence-electron chi connectivity index (χ1n) is 11.1. The van der Waals surface area contributed by atoms with Gasteiger partial charge in [0.25, 0.3) is 0 Å². The molecule has 3 aromatic rings. The number of halogens is 1. The van der Waals surface area contributed by atoms with Crippen molar-refractivity contribution < 1.29 is 19.0 Å². The summed E-state index contributed by atoms with van der Waals surface area (Å²) in [6.45, 7) is 8.89. The van der Waals surface area contributed by atoms with Gasteiger partial charge in [-0.25, -0.2) is 19.2 Å². The predicted octanol–water partition coefficient (Wildman–Crippen LogP) is 4.94. The number of rotatable bonds is 3. The first-order valence-corrected chi connectivity index (χ1v) is 11.1. The molecule has 2 heterocycles. The fourth-order valence-electron chi connectivity index (χ4n) is 4.04. The van der Waals surface area contributed by atoms with E-state index in [0.29, 0.717) is 16.7 Å². The Morgan fingerprint density at radius 2 is 1.91 bits per heavy atom. The van der Waals surface area contributed by atoms with Crippen molar-refractivity contribution in [2.24, 2.45) is 0 Å². The van der Waals surface area contributed by atoms with Gasteiger partial charge in [-0.05, 0) is 83.5 Å². The second-order valence-electron chi connectivity index (χ2n) is 9.36. The summed E-state index contributed by atoms with van der Waals surface area (Å²) < 4.78 is 20.5. The zero-order valence-electron chi connectivity index (χ0n) is 19.4. The highest BCUT2D eigenvalue weighted by atomic mass is 19.1. The van der Waals surface area contributed by atoms with Crippen LogP contribution in [0.25, 0.3) is 22.3 Å². The maximum absolute atomic E-state index is 14.7. The van der Waals surface area contributed by atoms with E-state index in [-0.39, 0.29) is 23.2 Å². The number of amides is 1. The van der Waals surface area contributed by atoms with E-state index in [0.717, 1.165) is 31.5 Å². The molecule has 174 valence electrons. The molecule has 0 spiro atoms. The lowest BCUT2D eigenvalue weighted by molar-refractivity contribution is 0.0558. The average Bonchev–Trinajstić information content (AvgIpc) is 2.73. The Bertz CT molecular complexity index is 1170. The topological polar surface area (TPSA) is 87.6 Å². The van der Waals surface area contributed by atoms with Crippen LogP contribution in [0.1, 0.15) is 39.2 Å². The molecule has 0 aliphatic carbocycles. The quantitative estimate of drug-likeness (QED) is 0.585. The van der Waals surface area contributed by atoms with Crippen molar-refractivity contribution >= 4 is 22.8 Å². The molecular formula is C25H29FN4O3. The number of benzene rings is 2. The van der Waals surface area contributed by atoms with Crippen LogP contribution < -0.4 is 10.2 Å². The van der Waals surface area contributed by atoms with Crippen LogP contribution >= 0.6 is 0 Å². The summed E-state index contributed by atoms with van der Waals surface area (Å²) in [7, 11) is 0. The van der Waals surface area contributed by atoms with Crippen LogP contribution in [0, 0.1) is 12.7 Å². The van der Waals surface area contributed by atoms with E-state index in [1.165, 1.54) is 18.2 Å². The monoisotopic (exact) mass is 452 g/mol. The van der Waals surface area contributed by atoms with Crippen LogP contribution in [-0.2, 0) is 4.74 Å². The zero-order valence-corrected chi connectivity index (χ0v) is 19.4. The Kier molecular flexibility index (Phi) is 6.21. The summed E-state index contributed by atoms with van der Waals surface area (Å²) in [5, 5.41) is 14.3. The summed E-state index contributed by atoms with van der Waals surface area (Å²) in [5.74, 6) is -0.544. The Labute approximate surface area is 192 Å². The van der Waals surface area contributed by atoms with E-state index in [9.17, 15) is 14.3 Å². The minimum Gasteiger partial charge on any atom is -0.507 e. The van der Waals surface area contributed by atoms with Crippen LogP contribution in [0.2, 0.25) is 0 Å². The number of aromatic nitrogens is 2. The molecular weight excluding hydrogens is 423 g/mol. The molecule has 7 nitrogen and oxygen atoms in total. The molecule has 0 atom stereocenters. The van der Waals surface area contributed by atoms with E-state index in [2.05, 4.69) is 15.3 Å². The molecule has 0 unspecified atom stereocenters. The molecule has 4 rings (SSSR count). The molecule has 0 bridgehead atoms. The number of nitrogens with zero attached hydrogens (tertiary/aromatic N) is 3. The Morgan fingerprint density at radius 3 is 2.58 bits per heavy atom. The summed E-state index contributed by atoms with van der Waals surface area (Å²) in [5.41, 5.74) is 0.715. The summed E-state index contributed by atoms with van der Waals surface area (Å²) in [6, 6.07) is 9.55. The maximum atomic E-state index is 14.7. The lowest BCUT2D eigenvalue weighted by atomic mass is 10.0. The largest absolute Gasteiger partial charge is 0.507 e. The molecule has 1 saturated heterocycles. The number of ether oxygens (including phenoxy) is 1. The number of hydrogen-bond donors (Lipinski definition) is 2. The number of carbonyl (C=O) groups is 1. The fraction of sp³-hybridized carbons (Fsp3) is 0.400. The number of aromatic hydroxyl groups is 1. The van der Waals surface area contributed by atoms with Crippen LogP contribution in [0.15, 0.2) is 36.4 Å². The van der Waals surface area contributed by atoms with E-state index < -0.39 is 17.5 Å². The second kappa shape index (κ2) is 8.94. The van der Waals surface area contributed by atoms with Crippen molar-refractivity contribution in [3.05, 3.63) is 47.8 Å². The minimum atomic E-state index is -0.700. The van der Waals surface area contributed by atoms with E-state index in [4.69, 9.17) is 4.74 Å². The lowest BCUT2D eigenvalue weighted by Gasteiger charge is -2.35. The Hall–Kier alpha value is -3.26. The SMILES string of the molecule is Cc1ccc2c(N(C(=O)OC(C)(C)C)C3CCNCC3)nc(-c3c(O)cccc3F)nc2c1. The van der Waals surface area contributed by atoms with Crippen molar-refractivity contribution in [2.45, 2.75) is 52.2 Å². The predicted molar refractivity (Wildman–Crippen MR) is 126 cm³/mol. The van der Waals surface area contributed by atoms with Gasteiger partial charge in [0.1, 0.15) is 23.0 Å². The molecule has 8 heteroatoms. The number of piperidine rings is 1. The molecule has 2 N–H and O–H groups in total. The van der Waals surface area contributed by atoms with Gasteiger partial charge in [-0.1, -0.05) is 12.1 Å². The lowest BCUT2D eigenvalue weighted by Crippen LogP contribution is -2.48. The van der Waals surface area contributed by atoms with Crippen LogP contribution in [0.5, 0.6) is 5.75 Å². The zero-order chi connectivity index (χ0) is 23.8. The average molecular weight is 453 g/mol. The second-order valence-corrected chi connectivity index (χ2v) is 9.36. The standard InChI is InChI=1S/C25H29FN4O3/c1-15-8-9-17-19(14-15)28-22(21-18(26)6-5-7-20(21)31)29-23(17)30(16-10-12-27-13-11-16)24(32)33-25(2,3)4/h5-9,14,16,27,31H,10-13H2,1-4H3. The fourth-order valence-corrected chi connectivity index (χ4v) is 4.04. The van der Waals surface area contributed by atoms with Gasteiger partial charge in [0.15, 0.2) is 5.82 Å². The van der Waals surface area contributed by atoms with Crippen LogP contribution in [0.4, 0.5) is 15.0 Å². The molecule has 2 aromatic carbocycles. The van der Waals surface area contributed by atoms with Crippen molar-refractivity contribution in [3.8, 4) is 17.1 Å². The highest BCUT2D eigenvalue weighted by Gasteiger charge is 2.33. The molecule has 1 aromatic heterocycles. The number of anilines is 1. The third kappa shape index (κ3) is 4.90. The van der Waals surface area contributed by atoms with Crippen LogP contribution in [0.3, 0.4) is 0 Å².